The first-order valence-corrected chi connectivity index (χ1v) is 15.8. The second-order valence-corrected chi connectivity index (χ2v) is 15.2. The Morgan fingerprint density at radius 1 is 0.811 bits per heavy atom. The minimum absolute atomic E-state index is 0.0156. The summed E-state index contributed by atoms with van der Waals surface area (Å²) >= 11 is 0. The van der Waals surface area contributed by atoms with E-state index >= 15 is 0 Å². The quantitative estimate of drug-likeness (QED) is 0.376. The molecule has 5 rings (SSSR count). The monoisotopic (exact) mass is 526 g/mol. The second kappa shape index (κ2) is 9.67. The molecule has 0 aliphatic heterocycles. The van der Waals surface area contributed by atoms with Crippen molar-refractivity contribution in [1.29, 1.82) is 0 Å². The standard InChI is InChI=1S/C32H53F3O2/c1-5-22-11-16-30(36,17-12-22)15-10-21(2)25-8-9-26-24-7-6-23-20-31(37,32(33,34)35)19-18-28(23,3)27(24)13-14-29(25,26)4/h21-27,36-37H,5-20H2,1-4H3/t21-,22?,23-,24-,25-,26-,27-,28-,29+,30?,31-/m0/s1. The Kier molecular flexibility index (Phi) is 7.38. The molecule has 0 saturated heterocycles. The molecule has 5 aliphatic rings. The van der Waals surface area contributed by atoms with Gasteiger partial charge >= 0.3 is 6.18 Å². The fourth-order valence-electron chi connectivity index (χ4n) is 11.0. The molecule has 0 aromatic carbocycles. The van der Waals surface area contributed by atoms with E-state index in [4.69, 9.17) is 0 Å². The summed E-state index contributed by atoms with van der Waals surface area (Å²) in [7, 11) is 0. The normalized spacial score (nSPS) is 51.2. The van der Waals surface area contributed by atoms with Gasteiger partial charge in [-0.1, -0.05) is 34.1 Å². The van der Waals surface area contributed by atoms with E-state index in [0.717, 1.165) is 50.9 Å². The topological polar surface area (TPSA) is 40.5 Å². The predicted octanol–water partition coefficient (Wildman–Crippen LogP) is 8.69. The number of rotatable bonds is 5. The van der Waals surface area contributed by atoms with Crippen LogP contribution in [0, 0.1) is 52.3 Å². The molecular formula is C32H53F3O2. The predicted molar refractivity (Wildman–Crippen MR) is 142 cm³/mol. The second-order valence-electron chi connectivity index (χ2n) is 15.2. The zero-order valence-electron chi connectivity index (χ0n) is 23.9. The van der Waals surface area contributed by atoms with Crippen LogP contribution in [0.4, 0.5) is 13.2 Å². The number of hydrogen-bond acceptors (Lipinski definition) is 2. The van der Waals surface area contributed by atoms with Gasteiger partial charge in [-0.25, -0.2) is 0 Å². The summed E-state index contributed by atoms with van der Waals surface area (Å²) in [4.78, 5) is 0. The van der Waals surface area contributed by atoms with Crippen molar-refractivity contribution in [2.75, 3.05) is 0 Å². The fraction of sp³-hybridized carbons (Fsp3) is 1.00. The highest BCUT2D eigenvalue weighted by Gasteiger charge is 2.65. The van der Waals surface area contributed by atoms with Gasteiger partial charge in [0.05, 0.1) is 5.60 Å². The van der Waals surface area contributed by atoms with Crippen molar-refractivity contribution in [1.82, 2.24) is 0 Å². The third-order valence-electron chi connectivity index (χ3n) is 13.7. The largest absolute Gasteiger partial charge is 0.417 e. The number of aliphatic hydroxyl groups is 2. The van der Waals surface area contributed by atoms with Gasteiger partial charge in [0, 0.05) is 0 Å². The molecule has 2 N–H and O–H groups in total. The fourth-order valence-corrected chi connectivity index (χ4v) is 11.0. The smallest absolute Gasteiger partial charge is 0.390 e. The van der Waals surface area contributed by atoms with Crippen LogP contribution < -0.4 is 0 Å². The lowest BCUT2D eigenvalue weighted by Crippen LogP contribution is -2.59. The van der Waals surface area contributed by atoms with Crippen LogP contribution in [0.25, 0.3) is 0 Å². The van der Waals surface area contributed by atoms with Gasteiger partial charge in [-0.2, -0.15) is 13.2 Å². The zero-order chi connectivity index (χ0) is 26.9. The van der Waals surface area contributed by atoms with E-state index in [1.807, 2.05) is 0 Å². The van der Waals surface area contributed by atoms with Crippen LogP contribution in [0.2, 0.25) is 0 Å². The van der Waals surface area contributed by atoms with Crippen molar-refractivity contribution in [2.24, 2.45) is 52.3 Å². The number of alkyl halides is 3. The van der Waals surface area contributed by atoms with E-state index < -0.39 is 17.4 Å². The summed E-state index contributed by atoms with van der Waals surface area (Å²) in [6.45, 7) is 9.52. The molecule has 5 heteroatoms. The highest BCUT2D eigenvalue weighted by molar-refractivity contribution is 5.11. The van der Waals surface area contributed by atoms with E-state index in [-0.39, 0.29) is 24.2 Å². The molecule has 0 aromatic rings. The van der Waals surface area contributed by atoms with Gasteiger partial charge in [0.1, 0.15) is 0 Å². The van der Waals surface area contributed by atoms with Gasteiger partial charge in [-0.15, -0.1) is 0 Å². The minimum atomic E-state index is -4.52. The van der Waals surface area contributed by atoms with Crippen molar-refractivity contribution in [3.05, 3.63) is 0 Å². The lowest BCUT2D eigenvalue weighted by atomic mass is 9.43. The molecule has 0 bridgehead atoms. The van der Waals surface area contributed by atoms with E-state index in [1.54, 1.807) is 0 Å². The average molecular weight is 527 g/mol. The first kappa shape index (κ1) is 28.2. The molecule has 0 unspecified atom stereocenters. The molecule has 214 valence electrons. The molecule has 0 spiro atoms. The molecule has 9 atom stereocenters. The van der Waals surface area contributed by atoms with Crippen molar-refractivity contribution in [2.45, 2.75) is 148 Å². The van der Waals surface area contributed by atoms with E-state index in [9.17, 15) is 23.4 Å². The molecule has 0 radical (unpaired) electrons. The summed E-state index contributed by atoms with van der Waals surface area (Å²) in [6.07, 6.45) is 10.1. The van der Waals surface area contributed by atoms with Crippen LogP contribution in [-0.2, 0) is 0 Å². The molecule has 0 aromatic heterocycles. The highest BCUT2D eigenvalue weighted by Crippen LogP contribution is 2.69. The highest BCUT2D eigenvalue weighted by atomic mass is 19.4. The molecule has 5 saturated carbocycles. The van der Waals surface area contributed by atoms with E-state index in [2.05, 4.69) is 27.7 Å². The summed E-state index contributed by atoms with van der Waals surface area (Å²) < 4.78 is 41.0. The summed E-state index contributed by atoms with van der Waals surface area (Å²) in [6, 6.07) is 0. The molecule has 37 heavy (non-hydrogen) atoms. The average Bonchev–Trinajstić information content (AvgIpc) is 3.20. The van der Waals surface area contributed by atoms with E-state index in [1.165, 1.54) is 38.5 Å². The third kappa shape index (κ3) is 4.72. The first-order valence-electron chi connectivity index (χ1n) is 15.8. The Hall–Kier alpha value is -0.290. The van der Waals surface area contributed by atoms with Crippen molar-refractivity contribution >= 4 is 0 Å². The summed E-state index contributed by atoms with van der Waals surface area (Å²) in [5.74, 6) is 3.91. The van der Waals surface area contributed by atoms with Gasteiger partial charge in [0.2, 0.25) is 0 Å². The lowest BCUT2D eigenvalue weighted by molar-refractivity contribution is -0.290. The Balaban J connectivity index is 1.24. The lowest BCUT2D eigenvalue weighted by Gasteiger charge is -2.62. The minimum Gasteiger partial charge on any atom is -0.390 e. The van der Waals surface area contributed by atoms with Crippen LogP contribution in [0.5, 0.6) is 0 Å². The Bertz CT molecular complexity index is 819. The van der Waals surface area contributed by atoms with E-state index in [0.29, 0.717) is 41.4 Å². The zero-order valence-corrected chi connectivity index (χ0v) is 23.9. The van der Waals surface area contributed by atoms with Crippen LogP contribution in [-0.4, -0.2) is 27.6 Å². The Labute approximate surface area is 223 Å². The Morgan fingerprint density at radius 2 is 1.49 bits per heavy atom. The number of hydrogen-bond donors (Lipinski definition) is 2. The maximum absolute atomic E-state index is 13.7. The summed E-state index contributed by atoms with van der Waals surface area (Å²) in [5.41, 5.74) is -2.68. The number of halogens is 3. The van der Waals surface area contributed by atoms with Gasteiger partial charge in [-0.3, -0.25) is 0 Å². The van der Waals surface area contributed by atoms with Crippen molar-refractivity contribution < 1.29 is 23.4 Å². The molecule has 0 heterocycles. The van der Waals surface area contributed by atoms with Crippen LogP contribution in [0.3, 0.4) is 0 Å². The van der Waals surface area contributed by atoms with Crippen LogP contribution in [0.15, 0.2) is 0 Å². The van der Waals surface area contributed by atoms with Gasteiger partial charge in [0.15, 0.2) is 5.60 Å². The maximum atomic E-state index is 13.7. The SMILES string of the molecule is CCC1CCC(O)(CC[C@H](C)[C@@H]2CC[C@H]3[C@@H]4CC[C@H]5C[C@](O)(C(F)(F)F)CC[C@]5(C)[C@H]4CC[C@@]32C)CC1. The molecule has 5 aliphatic carbocycles. The molecule has 2 nitrogen and oxygen atoms in total. The molecule has 5 fully saturated rings. The van der Waals surface area contributed by atoms with Crippen molar-refractivity contribution in [3.8, 4) is 0 Å². The molecular weight excluding hydrogens is 473 g/mol. The summed E-state index contributed by atoms with van der Waals surface area (Å²) in [5, 5.41) is 21.8. The van der Waals surface area contributed by atoms with Gasteiger partial charge in [0.25, 0.3) is 0 Å². The molecule has 0 amide bonds. The maximum Gasteiger partial charge on any atom is 0.417 e. The van der Waals surface area contributed by atoms with Gasteiger partial charge in [-0.05, 0) is 149 Å². The first-order chi connectivity index (χ1) is 17.2. The van der Waals surface area contributed by atoms with Crippen LogP contribution >= 0.6 is 0 Å². The Morgan fingerprint density at radius 3 is 2.14 bits per heavy atom. The number of fused-ring (bicyclic) bond motifs is 5. The van der Waals surface area contributed by atoms with Gasteiger partial charge < -0.3 is 10.2 Å². The van der Waals surface area contributed by atoms with Crippen LogP contribution in [0.1, 0.15) is 130 Å². The van der Waals surface area contributed by atoms with Crippen molar-refractivity contribution in [3.63, 3.8) is 0 Å². The third-order valence-corrected chi connectivity index (χ3v) is 13.7.